The van der Waals surface area contributed by atoms with Gasteiger partial charge in [-0.3, -0.25) is 14.5 Å². The molecule has 156 valence electrons. The van der Waals surface area contributed by atoms with Crippen molar-refractivity contribution >= 4 is 11.8 Å². The van der Waals surface area contributed by atoms with Gasteiger partial charge in [-0.25, -0.2) is 0 Å². The van der Waals surface area contributed by atoms with Crippen LogP contribution in [-0.4, -0.2) is 72.6 Å². The first-order valence-corrected chi connectivity index (χ1v) is 9.94. The highest BCUT2D eigenvalue weighted by atomic mass is 16.6. The first-order chi connectivity index (χ1) is 13.8. The molecule has 2 aliphatic heterocycles. The number of rotatable bonds is 5. The number of fused-ring (bicyclic) bond motifs is 1. The molecule has 2 atom stereocenters. The summed E-state index contributed by atoms with van der Waals surface area (Å²) < 4.78 is 11.4. The average molecular weight is 400 g/mol. The number of para-hydroxylation sites is 2. The summed E-state index contributed by atoms with van der Waals surface area (Å²) in [4.78, 5) is 28.9. The Bertz CT molecular complexity index is 798. The molecule has 2 aliphatic rings. The van der Waals surface area contributed by atoms with Gasteiger partial charge in [-0.15, -0.1) is 0 Å². The minimum atomic E-state index is -0.885. The monoisotopic (exact) mass is 400 g/mol. The van der Waals surface area contributed by atoms with E-state index in [1.807, 2.05) is 36.9 Å². The van der Waals surface area contributed by atoms with Crippen LogP contribution in [0.4, 0.5) is 0 Å². The summed E-state index contributed by atoms with van der Waals surface area (Å²) in [5.41, 5.74) is -0.885. The van der Waals surface area contributed by atoms with Gasteiger partial charge in [0.15, 0.2) is 11.5 Å². The SMILES string of the molecule is CC(C)[C@@](C)(C#N)NC(=O)CN1CCN(C(=O)[C@H]2COc3ccccc3O2)CC1. The number of ether oxygens (including phenoxy) is 2. The second-order valence-electron chi connectivity index (χ2n) is 7.98. The molecule has 29 heavy (non-hydrogen) atoms. The third kappa shape index (κ3) is 4.80. The Morgan fingerprint density at radius 3 is 2.52 bits per heavy atom. The van der Waals surface area contributed by atoms with E-state index in [4.69, 9.17) is 9.47 Å². The van der Waals surface area contributed by atoms with Gasteiger partial charge >= 0.3 is 0 Å². The van der Waals surface area contributed by atoms with Crippen LogP contribution in [0.2, 0.25) is 0 Å². The summed E-state index contributed by atoms with van der Waals surface area (Å²) in [7, 11) is 0. The predicted octanol–water partition coefficient (Wildman–Crippen LogP) is 1.03. The minimum absolute atomic E-state index is 0.00811. The van der Waals surface area contributed by atoms with E-state index in [-0.39, 0.29) is 30.9 Å². The Hall–Kier alpha value is -2.79. The Kier molecular flexibility index (Phi) is 6.28. The molecule has 0 unspecified atom stereocenters. The molecule has 1 aromatic carbocycles. The Morgan fingerprint density at radius 2 is 1.90 bits per heavy atom. The molecule has 0 aliphatic carbocycles. The van der Waals surface area contributed by atoms with Crippen LogP contribution in [0.5, 0.6) is 11.5 Å². The highest BCUT2D eigenvalue weighted by Gasteiger charge is 2.34. The molecule has 1 aromatic rings. The molecule has 0 saturated carbocycles. The van der Waals surface area contributed by atoms with Crippen LogP contribution < -0.4 is 14.8 Å². The number of piperazine rings is 1. The molecule has 2 amide bonds. The average Bonchev–Trinajstić information content (AvgIpc) is 2.73. The van der Waals surface area contributed by atoms with Gasteiger partial charge < -0.3 is 19.7 Å². The van der Waals surface area contributed by atoms with E-state index in [0.717, 1.165) is 0 Å². The van der Waals surface area contributed by atoms with Crippen molar-refractivity contribution in [2.24, 2.45) is 5.92 Å². The molecule has 8 heteroatoms. The number of carbonyl (C=O) groups excluding carboxylic acids is 2. The third-order valence-electron chi connectivity index (χ3n) is 5.62. The van der Waals surface area contributed by atoms with Gasteiger partial charge in [0.05, 0.1) is 12.6 Å². The normalized spacial score (nSPS) is 21.2. The highest BCUT2D eigenvalue weighted by molar-refractivity contribution is 5.82. The van der Waals surface area contributed by atoms with E-state index in [0.29, 0.717) is 37.7 Å². The van der Waals surface area contributed by atoms with Gasteiger partial charge in [-0.1, -0.05) is 26.0 Å². The van der Waals surface area contributed by atoms with Crippen molar-refractivity contribution in [1.29, 1.82) is 5.26 Å². The van der Waals surface area contributed by atoms with Crippen LogP contribution in [-0.2, 0) is 9.59 Å². The van der Waals surface area contributed by atoms with Crippen LogP contribution in [0.1, 0.15) is 20.8 Å². The lowest BCUT2D eigenvalue weighted by atomic mass is 9.90. The second-order valence-corrected chi connectivity index (χ2v) is 7.98. The quantitative estimate of drug-likeness (QED) is 0.793. The number of carbonyl (C=O) groups is 2. The minimum Gasteiger partial charge on any atom is -0.485 e. The smallest absolute Gasteiger partial charge is 0.267 e. The molecular formula is C21H28N4O4. The van der Waals surface area contributed by atoms with Gasteiger partial charge in [-0.2, -0.15) is 5.26 Å². The number of hydrogen-bond acceptors (Lipinski definition) is 6. The lowest BCUT2D eigenvalue weighted by molar-refractivity contribution is -0.143. The summed E-state index contributed by atoms with van der Waals surface area (Å²) in [5, 5.41) is 12.2. The number of amides is 2. The molecule has 1 saturated heterocycles. The first-order valence-electron chi connectivity index (χ1n) is 9.94. The number of hydrogen-bond donors (Lipinski definition) is 1. The van der Waals surface area contributed by atoms with Crippen LogP contribution in [0, 0.1) is 17.2 Å². The molecule has 2 heterocycles. The van der Waals surface area contributed by atoms with Gasteiger partial charge in [0.2, 0.25) is 12.0 Å². The van der Waals surface area contributed by atoms with Gasteiger partial charge in [-0.05, 0) is 25.0 Å². The van der Waals surface area contributed by atoms with Crippen molar-refractivity contribution in [2.45, 2.75) is 32.4 Å². The van der Waals surface area contributed by atoms with Crippen molar-refractivity contribution in [3.63, 3.8) is 0 Å². The van der Waals surface area contributed by atoms with Crippen LogP contribution in [0.3, 0.4) is 0 Å². The highest BCUT2D eigenvalue weighted by Crippen LogP contribution is 2.31. The predicted molar refractivity (Wildman–Crippen MR) is 106 cm³/mol. The molecule has 3 rings (SSSR count). The molecule has 0 bridgehead atoms. The lowest BCUT2D eigenvalue weighted by Gasteiger charge is -2.37. The zero-order valence-corrected chi connectivity index (χ0v) is 17.2. The fourth-order valence-electron chi connectivity index (χ4n) is 3.30. The maximum atomic E-state index is 12.8. The lowest BCUT2D eigenvalue weighted by Crippen LogP contribution is -2.57. The molecule has 0 radical (unpaired) electrons. The largest absolute Gasteiger partial charge is 0.485 e. The number of nitrogens with zero attached hydrogens (tertiary/aromatic N) is 3. The van der Waals surface area contributed by atoms with Crippen molar-refractivity contribution in [2.75, 3.05) is 39.3 Å². The van der Waals surface area contributed by atoms with Crippen molar-refractivity contribution < 1.29 is 19.1 Å². The Labute approximate surface area is 171 Å². The van der Waals surface area contributed by atoms with Gasteiger partial charge in [0, 0.05) is 26.2 Å². The van der Waals surface area contributed by atoms with Crippen molar-refractivity contribution in [3.05, 3.63) is 24.3 Å². The summed E-state index contributed by atoms with van der Waals surface area (Å²) in [6, 6.07) is 9.49. The number of nitrogens with one attached hydrogen (secondary N) is 1. The fourth-order valence-corrected chi connectivity index (χ4v) is 3.30. The van der Waals surface area contributed by atoms with Crippen molar-refractivity contribution in [1.82, 2.24) is 15.1 Å². The topological polar surface area (TPSA) is 94.9 Å². The van der Waals surface area contributed by atoms with Crippen LogP contribution in [0.15, 0.2) is 24.3 Å². The van der Waals surface area contributed by atoms with Gasteiger partial charge in [0.1, 0.15) is 12.1 Å². The summed E-state index contributed by atoms with van der Waals surface area (Å²) in [6.45, 7) is 8.18. The third-order valence-corrected chi connectivity index (χ3v) is 5.62. The van der Waals surface area contributed by atoms with E-state index < -0.39 is 11.6 Å². The zero-order valence-electron chi connectivity index (χ0n) is 17.2. The molecular weight excluding hydrogens is 372 g/mol. The van der Waals surface area contributed by atoms with Crippen molar-refractivity contribution in [3.8, 4) is 17.6 Å². The fraction of sp³-hybridized carbons (Fsp3) is 0.571. The standard InChI is InChI=1S/C21H28N4O4/c1-15(2)21(3,14-22)23-19(26)12-24-8-10-25(11-9-24)20(27)18-13-28-16-6-4-5-7-17(16)29-18/h4-7,15,18H,8-13H2,1-3H3,(H,23,26)/t18-,21-/m1/s1. The van der Waals surface area contributed by atoms with E-state index in [2.05, 4.69) is 11.4 Å². The van der Waals surface area contributed by atoms with E-state index in [1.165, 1.54) is 0 Å². The Morgan fingerprint density at radius 1 is 1.24 bits per heavy atom. The first kappa shape index (κ1) is 20.9. The van der Waals surface area contributed by atoms with Crippen LogP contribution >= 0.6 is 0 Å². The van der Waals surface area contributed by atoms with Crippen LogP contribution in [0.25, 0.3) is 0 Å². The molecule has 8 nitrogen and oxygen atoms in total. The molecule has 0 aromatic heterocycles. The molecule has 1 fully saturated rings. The zero-order chi connectivity index (χ0) is 21.0. The number of nitriles is 1. The Balaban J connectivity index is 1.48. The summed E-state index contributed by atoms with van der Waals surface area (Å²) >= 11 is 0. The second kappa shape index (κ2) is 8.70. The van der Waals surface area contributed by atoms with E-state index in [9.17, 15) is 14.9 Å². The maximum Gasteiger partial charge on any atom is 0.267 e. The van der Waals surface area contributed by atoms with Gasteiger partial charge in [0.25, 0.3) is 5.91 Å². The van der Waals surface area contributed by atoms with E-state index >= 15 is 0 Å². The molecule has 0 spiro atoms. The summed E-state index contributed by atoms with van der Waals surface area (Å²) in [6.07, 6.45) is -0.651. The number of benzene rings is 1. The van der Waals surface area contributed by atoms with E-state index in [1.54, 1.807) is 17.9 Å². The maximum absolute atomic E-state index is 12.8. The molecule has 1 N–H and O–H groups in total. The summed E-state index contributed by atoms with van der Waals surface area (Å²) in [5.74, 6) is 0.966.